The molecule has 8 atom stereocenters. The van der Waals surface area contributed by atoms with E-state index in [-0.39, 0.29) is 55.9 Å². The van der Waals surface area contributed by atoms with Crippen LogP contribution in [-0.2, 0) is 67.1 Å². The number of carbonyl (C=O) groups excluding carboxylic acids is 5. The number of fused-ring (bicyclic) bond motifs is 6. The van der Waals surface area contributed by atoms with Gasteiger partial charge in [-0.1, -0.05) is 67.1 Å². The van der Waals surface area contributed by atoms with Gasteiger partial charge in [0.05, 0.1) is 70.5 Å². The monoisotopic (exact) mass is 1140 g/mol. The zero-order valence-electron chi connectivity index (χ0n) is 47.9. The van der Waals surface area contributed by atoms with Gasteiger partial charge in [0, 0.05) is 84.4 Å². The van der Waals surface area contributed by atoms with Crippen LogP contribution in [0.3, 0.4) is 0 Å². The third-order valence-electron chi connectivity index (χ3n) is 15.0. The number of epoxide rings is 1. The number of nitrogens with one attached hydrogen (secondary N) is 5. The molecule has 0 spiro atoms. The van der Waals surface area contributed by atoms with E-state index < -0.39 is 65.7 Å². The molecule has 3 aliphatic heterocycles. The molecule has 0 aliphatic carbocycles. The van der Waals surface area contributed by atoms with Crippen molar-refractivity contribution >= 4 is 58.0 Å². The lowest BCUT2D eigenvalue weighted by molar-refractivity contribution is -0.162. The SMILES string of the molecule is C=C(NCCNC(=O)CCn1c(CN(C)NC)cc2ccccc21)NCCOCCOCCC(=O)N(C)[C@@H](C)C(=O)O[C@H]1CC(=O)N(C)c2cc(cc(OC)c2Cl)C/C(C)=C/C=C/[C@@H](OC)[C@@]2(O)C[C@H](OC(=O)N2)[C@@H](C)C2O[C@]21C. The average Bonchev–Trinajstić information content (AvgIpc) is 4.08. The first-order valence-corrected chi connectivity index (χ1v) is 27.4. The van der Waals surface area contributed by atoms with Crippen molar-refractivity contribution in [3.63, 3.8) is 0 Å². The van der Waals surface area contributed by atoms with Crippen molar-refractivity contribution in [3.8, 4) is 5.75 Å². The highest BCUT2D eigenvalue weighted by Gasteiger charge is 2.64. The minimum absolute atomic E-state index is 0.0333. The van der Waals surface area contributed by atoms with E-state index >= 15 is 0 Å². The van der Waals surface area contributed by atoms with Gasteiger partial charge in [-0.2, -0.15) is 0 Å². The number of esters is 1. The Hall–Kier alpha value is -6.24. The van der Waals surface area contributed by atoms with Crippen LogP contribution >= 0.6 is 11.6 Å². The standard InChI is InChI=1S/C57H82ClN9O13/c1-36-15-14-18-47(75-11)57(73)34-46(78-55(72)63-57)37(2)53-56(5,80-53)48(33-51(70)66(9)44-30-40(29-36)31-45(74-10)52(44)58)79-54(71)38(3)65(8)50(69)20-25-76-27-28-77-26-23-61-39(4)60-21-22-62-49(68)19-24-67-42(35-64(7)59-6)32-41-16-12-13-17-43(41)67/h12-18,30-32,37-38,46-48,53,59-61,73H,4,19-29,33-35H2,1-3,5-11H3,(H,62,68)(H,63,72)/b18-14+,36-15+/t37-,38+,46+,47-,48+,53?,56+,57+/m1/s1. The van der Waals surface area contributed by atoms with Crippen molar-refractivity contribution in [2.75, 3.05) is 93.4 Å². The van der Waals surface area contributed by atoms with E-state index in [4.69, 9.17) is 44.8 Å². The average molecular weight is 1140 g/mol. The summed E-state index contributed by atoms with van der Waals surface area (Å²) in [5, 5.41) is 27.0. The first kappa shape index (κ1) is 62.9. The molecule has 3 aliphatic rings. The quantitative estimate of drug-likeness (QED) is 0.0299. The van der Waals surface area contributed by atoms with E-state index in [1.54, 1.807) is 45.2 Å². The Kier molecular flexibility index (Phi) is 22.8. The number of anilines is 1. The lowest BCUT2D eigenvalue weighted by Gasteiger charge is -2.42. The first-order valence-electron chi connectivity index (χ1n) is 27.0. The molecule has 80 heavy (non-hydrogen) atoms. The Labute approximate surface area is 474 Å². The van der Waals surface area contributed by atoms with Crippen LogP contribution < -0.4 is 36.3 Å². The highest BCUT2D eigenvalue weighted by atomic mass is 35.5. The Morgan fingerprint density at radius 1 is 1.01 bits per heavy atom. The molecule has 3 aromatic rings. The van der Waals surface area contributed by atoms with Gasteiger partial charge in [0.1, 0.15) is 40.7 Å². The second-order valence-electron chi connectivity index (χ2n) is 20.7. The number of ether oxygens (including phenoxy) is 7. The van der Waals surface area contributed by atoms with Crippen molar-refractivity contribution in [2.45, 2.75) is 115 Å². The summed E-state index contributed by atoms with van der Waals surface area (Å²) in [6.45, 7) is 14.5. The smallest absolute Gasteiger partial charge is 0.409 e. The fraction of sp³-hybridized carbons (Fsp3) is 0.561. The van der Waals surface area contributed by atoms with Crippen LogP contribution in [0.25, 0.3) is 10.9 Å². The Bertz CT molecular complexity index is 2720. The molecule has 1 aromatic heterocycles. The van der Waals surface area contributed by atoms with E-state index in [2.05, 4.69) is 56.0 Å². The summed E-state index contributed by atoms with van der Waals surface area (Å²) in [4.78, 5) is 70.1. The highest BCUT2D eigenvalue weighted by Crippen LogP contribution is 2.49. The van der Waals surface area contributed by atoms with E-state index in [0.717, 1.165) is 27.7 Å². The van der Waals surface area contributed by atoms with Gasteiger partial charge in [0.25, 0.3) is 0 Å². The fourth-order valence-corrected chi connectivity index (χ4v) is 10.2. The number of para-hydroxylation sites is 1. The highest BCUT2D eigenvalue weighted by molar-refractivity contribution is 6.35. The lowest BCUT2D eigenvalue weighted by atomic mass is 9.83. The van der Waals surface area contributed by atoms with Gasteiger partial charge in [-0.25, -0.2) is 14.6 Å². The van der Waals surface area contributed by atoms with Crippen molar-refractivity contribution in [1.29, 1.82) is 0 Å². The molecule has 4 heterocycles. The number of hydrazine groups is 1. The van der Waals surface area contributed by atoms with Crippen LogP contribution in [0.5, 0.6) is 5.75 Å². The largest absolute Gasteiger partial charge is 0.495 e. The number of rotatable bonds is 25. The predicted octanol–water partition coefficient (Wildman–Crippen LogP) is 4.32. The predicted molar refractivity (Wildman–Crippen MR) is 302 cm³/mol. The molecule has 23 heteroatoms. The molecule has 22 nitrogen and oxygen atoms in total. The number of aromatic nitrogens is 1. The molecule has 2 aromatic carbocycles. The van der Waals surface area contributed by atoms with Crippen molar-refractivity contribution in [1.82, 2.24) is 41.2 Å². The van der Waals surface area contributed by atoms with Crippen LogP contribution in [0.4, 0.5) is 10.5 Å². The van der Waals surface area contributed by atoms with E-state index in [9.17, 15) is 29.1 Å². The molecule has 2 fully saturated rings. The molecule has 4 amide bonds. The van der Waals surface area contributed by atoms with Crippen LogP contribution in [0.2, 0.25) is 5.02 Å². The summed E-state index contributed by atoms with van der Waals surface area (Å²) in [6.07, 6.45) is 0.924. The Balaban J connectivity index is 0.944. The summed E-state index contributed by atoms with van der Waals surface area (Å²) in [7, 11) is 9.80. The lowest BCUT2D eigenvalue weighted by Crippen LogP contribution is -2.63. The number of amides is 4. The molecule has 0 radical (unpaired) electrons. The number of halogens is 1. The summed E-state index contributed by atoms with van der Waals surface area (Å²) in [5.41, 5.74) is 4.27. The minimum Gasteiger partial charge on any atom is -0.495 e. The summed E-state index contributed by atoms with van der Waals surface area (Å²) >= 11 is 6.82. The topological polar surface area (TPSA) is 248 Å². The normalized spacial score (nSPS) is 24.6. The van der Waals surface area contributed by atoms with E-state index in [1.165, 1.54) is 38.0 Å². The molecule has 440 valence electrons. The summed E-state index contributed by atoms with van der Waals surface area (Å²) in [6, 6.07) is 12.8. The van der Waals surface area contributed by atoms with Crippen LogP contribution in [0, 0.1) is 5.92 Å². The van der Waals surface area contributed by atoms with Gasteiger partial charge in [0.2, 0.25) is 17.7 Å². The van der Waals surface area contributed by atoms with Crippen molar-refractivity contribution in [3.05, 3.63) is 94.9 Å². The van der Waals surface area contributed by atoms with Crippen molar-refractivity contribution in [2.24, 2.45) is 5.92 Å². The number of aliphatic hydroxyl groups is 1. The summed E-state index contributed by atoms with van der Waals surface area (Å²) in [5.74, 6) is -1.30. The maximum absolute atomic E-state index is 14.3. The number of benzene rings is 2. The Morgan fingerprint density at radius 3 is 2.45 bits per heavy atom. The first-order chi connectivity index (χ1) is 38.1. The van der Waals surface area contributed by atoms with Crippen LogP contribution in [-0.4, -0.2) is 180 Å². The molecule has 1 unspecified atom stereocenters. The molecular formula is C57H82ClN9O13. The number of methoxy groups -OCH3 is 2. The van der Waals surface area contributed by atoms with Gasteiger partial charge in [0.15, 0.2) is 5.72 Å². The molecule has 6 N–H and O–H groups in total. The van der Waals surface area contributed by atoms with Gasteiger partial charge in [-0.3, -0.25) is 25.1 Å². The number of nitrogens with zero attached hydrogens (tertiary/aromatic N) is 4. The number of hydrogen-bond acceptors (Lipinski definition) is 17. The fourth-order valence-electron chi connectivity index (χ4n) is 9.91. The van der Waals surface area contributed by atoms with Crippen molar-refractivity contribution < 1.29 is 62.2 Å². The molecule has 6 rings (SSSR count). The third kappa shape index (κ3) is 16.5. The number of carbonyl (C=O) groups is 5. The van der Waals surface area contributed by atoms with E-state index in [1.807, 2.05) is 44.2 Å². The maximum atomic E-state index is 14.3. The van der Waals surface area contributed by atoms with Gasteiger partial charge in [-0.15, -0.1) is 0 Å². The maximum Gasteiger partial charge on any atom is 0.409 e. The third-order valence-corrected chi connectivity index (χ3v) is 15.3. The molecule has 4 bridgehead atoms. The zero-order chi connectivity index (χ0) is 58.3. The molecule has 2 saturated heterocycles. The number of allylic oxidation sites excluding steroid dienone is 3. The van der Waals surface area contributed by atoms with E-state index in [0.29, 0.717) is 69.4 Å². The number of aryl methyl sites for hydroxylation is 1. The second kappa shape index (κ2) is 29.0. The molecular weight excluding hydrogens is 1050 g/mol. The van der Waals surface area contributed by atoms with Gasteiger partial charge >= 0.3 is 12.1 Å². The second-order valence-corrected chi connectivity index (χ2v) is 21.1. The van der Waals surface area contributed by atoms with Gasteiger partial charge < -0.3 is 68.6 Å². The Morgan fingerprint density at radius 2 is 1.73 bits per heavy atom. The van der Waals surface area contributed by atoms with Crippen LogP contribution in [0.1, 0.15) is 64.6 Å². The van der Waals surface area contributed by atoms with Gasteiger partial charge in [-0.05, 0) is 69.5 Å². The number of alkyl carbamates (subject to hydrolysis) is 1. The minimum atomic E-state index is -1.86. The number of likely N-dealkylation sites (N-methyl/N-ethyl adjacent to an activating group) is 1. The van der Waals surface area contributed by atoms with Crippen LogP contribution in [0.15, 0.2) is 78.7 Å². The zero-order valence-corrected chi connectivity index (χ0v) is 48.6. The summed E-state index contributed by atoms with van der Waals surface area (Å²) < 4.78 is 43.0. The molecule has 0 saturated carbocycles. The number of hydrogen-bond donors (Lipinski definition) is 6.